The maximum Gasteiger partial charge on any atom is 0.269 e. The molecule has 1 aliphatic heterocycles. The second-order valence-electron chi connectivity index (χ2n) is 6.48. The smallest absolute Gasteiger partial charge is 0.269 e. The van der Waals surface area contributed by atoms with Crippen LogP contribution in [0.1, 0.15) is 29.1 Å². The number of ether oxygens (including phenoxy) is 1. The maximum atomic E-state index is 12.1. The van der Waals surface area contributed by atoms with E-state index in [0.29, 0.717) is 29.6 Å². The molecule has 8 heteroatoms. The van der Waals surface area contributed by atoms with Crippen molar-refractivity contribution in [2.24, 2.45) is 0 Å². The van der Waals surface area contributed by atoms with E-state index in [-0.39, 0.29) is 29.7 Å². The third-order valence-corrected chi connectivity index (χ3v) is 4.79. The molecule has 2 aromatic rings. The Morgan fingerprint density at radius 1 is 1.39 bits per heavy atom. The Bertz CT molecular complexity index is 918. The van der Waals surface area contributed by atoms with E-state index in [4.69, 9.17) is 16.3 Å². The molecular weight excluding hydrogens is 380 g/mol. The molecule has 1 fully saturated rings. The molecule has 2 aromatic heterocycles. The number of hydrogen-bond donors (Lipinski definition) is 1. The van der Waals surface area contributed by atoms with E-state index in [1.807, 2.05) is 13.0 Å². The number of nitrogens with zero attached hydrogens (tertiary/aromatic N) is 3. The summed E-state index contributed by atoms with van der Waals surface area (Å²) in [6.07, 6.45) is 2.52. The number of aromatic nitrogens is 2. The van der Waals surface area contributed by atoms with Crippen LogP contribution in [-0.2, 0) is 9.53 Å². The van der Waals surface area contributed by atoms with Crippen LogP contribution in [-0.4, -0.2) is 52.9 Å². The second-order valence-corrected chi connectivity index (χ2v) is 6.87. The lowest BCUT2D eigenvalue weighted by atomic mass is 10.0. The average Bonchev–Trinajstić information content (AvgIpc) is 2.72. The molecule has 2 atom stereocenters. The first kappa shape index (κ1) is 20.0. The van der Waals surface area contributed by atoms with E-state index < -0.39 is 0 Å². The topological polar surface area (TPSA) is 84.4 Å². The Hall–Kier alpha value is -2.77. The third kappa shape index (κ3) is 4.21. The number of rotatable bonds is 4. The maximum absolute atomic E-state index is 12.1. The molecule has 0 aliphatic carbocycles. The fraction of sp³-hybridized carbons (Fsp3) is 0.300. The number of hydrogen-bond acceptors (Lipinski definition) is 5. The average molecular weight is 401 g/mol. The normalized spacial score (nSPS) is 19.2. The zero-order valence-corrected chi connectivity index (χ0v) is 16.4. The molecule has 1 N–H and O–H groups in total. The highest BCUT2D eigenvalue weighted by Crippen LogP contribution is 2.30. The van der Waals surface area contributed by atoms with Gasteiger partial charge in [0.2, 0.25) is 5.91 Å². The minimum atomic E-state index is -0.334. The van der Waals surface area contributed by atoms with E-state index in [2.05, 4.69) is 21.9 Å². The molecule has 0 radical (unpaired) electrons. The van der Waals surface area contributed by atoms with Gasteiger partial charge in [0.15, 0.2) is 0 Å². The first-order valence-corrected chi connectivity index (χ1v) is 9.21. The first-order valence-electron chi connectivity index (χ1n) is 8.83. The van der Waals surface area contributed by atoms with Gasteiger partial charge in [0, 0.05) is 18.8 Å². The van der Waals surface area contributed by atoms with E-state index in [1.54, 1.807) is 36.3 Å². The number of halogens is 1. The fourth-order valence-corrected chi connectivity index (χ4v) is 3.29. The molecule has 7 nitrogen and oxygen atoms in total. The van der Waals surface area contributed by atoms with Gasteiger partial charge in [0.05, 0.1) is 24.9 Å². The summed E-state index contributed by atoms with van der Waals surface area (Å²) >= 11 is 6.25. The Kier molecular flexibility index (Phi) is 6.06. The molecule has 3 rings (SSSR count). The summed E-state index contributed by atoms with van der Waals surface area (Å²) in [6, 6.07) is 6.95. The number of carbonyl (C=O) groups is 2. The number of pyridine rings is 2. The van der Waals surface area contributed by atoms with E-state index in [9.17, 15) is 9.59 Å². The van der Waals surface area contributed by atoms with Gasteiger partial charge in [-0.05, 0) is 42.8 Å². The molecule has 1 saturated heterocycles. The Morgan fingerprint density at radius 3 is 2.89 bits per heavy atom. The van der Waals surface area contributed by atoms with Gasteiger partial charge in [-0.3, -0.25) is 14.6 Å². The highest BCUT2D eigenvalue weighted by atomic mass is 35.5. The zero-order chi connectivity index (χ0) is 20.3. The Morgan fingerprint density at radius 2 is 2.18 bits per heavy atom. The monoisotopic (exact) mass is 400 g/mol. The van der Waals surface area contributed by atoms with Gasteiger partial charge in [0.1, 0.15) is 17.0 Å². The van der Waals surface area contributed by atoms with Gasteiger partial charge < -0.3 is 15.0 Å². The van der Waals surface area contributed by atoms with Crippen LogP contribution >= 0.6 is 11.6 Å². The van der Waals surface area contributed by atoms with Crippen molar-refractivity contribution in [2.45, 2.75) is 19.1 Å². The summed E-state index contributed by atoms with van der Waals surface area (Å²) in [5.41, 5.74) is 2.40. The lowest BCUT2D eigenvalue weighted by Gasteiger charge is -2.37. The van der Waals surface area contributed by atoms with E-state index in [1.165, 1.54) is 6.08 Å². The SMILES string of the molecule is C=CC(=O)N1C[C@H](c2cc(Cl)nc(-c3ccnc(C(=O)NC)c3)c2)OC[C@H]1C. The van der Waals surface area contributed by atoms with Gasteiger partial charge >= 0.3 is 0 Å². The van der Waals surface area contributed by atoms with E-state index in [0.717, 1.165) is 5.56 Å². The Labute approximate surface area is 168 Å². The van der Waals surface area contributed by atoms with Crippen LogP contribution in [0.15, 0.2) is 43.1 Å². The van der Waals surface area contributed by atoms with Crippen molar-refractivity contribution in [1.29, 1.82) is 0 Å². The van der Waals surface area contributed by atoms with Crippen LogP contribution in [0.25, 0.3) is 11.3 Å². The largest absolute Gasteiger partial charge is 0.370 e. The van der Waals surface area contributed by atoms with Crippen LogP contribution in [0.4, 0.5) is 0 Å². The van der Waals surface area contributed by atoms with Crippen LogP contribution in [0.3, 0.4) is 0 Å². The highest BCUT2D eigenvalue weighted by Gasteiger charge is 2.30. The van der Waals surface area contributed by atoms with Crippen molar-refractivity contribution in [3.63, 3.8) is 0 Å². The van der Waals surface area contributed by atoms with Crippen molar-refractivity contribution >= 4 is 23.4 Å². The quantitative estimate of drug-likeness (QED) is 0.630. The number of nitrogens with one attached hydrogen (secondary N) is 1. The molecule has 0 saturated carbocycles. The van der Waals surface area contributed by atoms with Gasteiger partial charge in [-0.1, -0.05) is 18.2 Å². The molecule has 2 amide bonds. The molecule has 146 valence electrons. The molecule has 0 unspecified atom stereocenters. The summed E-state index contributed by atoms with van der Waals surface area (Å²) in [4.78, 5) is 34.1. The van der Waals surface area contributed by atoms with Gasteiger partial charge in [-0.2, -0.15) is 0 Å². The van der Waals surface area contributed by atoms with Crippen LogP contribution in [0, 0.1) is 0 Å². The molecule has 0 bridgehead atoms. The standard InChI is InChI=1S/C20H21ClN4O3/c1-4-19(26)25-10-17(28-11-12(25)2)14-8-15(24-18(21)9-14)13-5-6-23-16(7-13)20(27)22-3/h4-9,12,17H,1,10-11H2,2-3H3,(H,22,27)/t12-,17-/m1/s1. The highest BCUT2D eigenvalue weighted by molar-refractivity contribution is 6.29. The lowest BCUT2D eigenvalue weighted by Crippen LogP contribution is -2.47. The molecule has 28 heavy (non-hydrogen) atoms. The predicted octanol–water partition coefficient (Wildman–Crippen LogP) is 2.63. The zero-order valence-electron chi connectivity index (χ0n) is 15.7. The Balaban J connectivity index is 1.93. The molecule has 1 aliphatic rings. The van der Waals surface area contributed by atoms with E-state index >= 15 is 0 Å². The van der Waals surface area contributed by atoms with Crippen molar-refractivity contribution in [2.75, 3.05) is 20.2 Å². The van der Waals surface area contributed by atoms with Crippen LogP contribution in [0.5, 0.6) is 0 Å². The van der Waals surface area contributed by atoms with Crippen molar-refractivity contribution in [3.8, 4) is 11.3 Å². The third-order valence-electron chi connectivity index (χ3n) is 4.59. The molecule has 0 spiro atoms. The molecule has 0 aromatic carbocycles. The summed E-state index contributed by atoms with van der Waals surface area (Å²) < 4.78 is 5.94. The number of amides is 2. The summed E-state index contributed by atoms with van der Waals surface area (Å²) in [5.74, 6) is -0.419. The van der Waals surface area contributed by atoms with Crippen LogP contribution < -0.4 is 5.32 Å². The predicted molar refractivity (Wildman–Crippen MR) is 106 cm³/mol. The summed E-state index contributed by atoms with van der Waals surface area (Å²) in [7, 11) is 1.55. The fourth-order valence-electron chi connectivity index (χ4n) is 3.08. The van der Waals surface area contributed by atoms with Gasteiger partial charge in [-0.25, -0.2) is 4.98 Å². The number of morpholine rings is 1. The summed E-state index contributed by atoms with van der Waals surface area (Å²) in [6.45, 7) is 6.30. The van der Waals surface area contributed by atoms with Crippen molar-refractivity contribution in [1.82, 2.24) is 20.2 Å². The number of carbonyl (C=O) groups excluding carboxylic acids is 2. The van der Waals surface area contributed by atoms with Gasteiger partial charge in [-0.15, -0.1) is 0 Å². The minimum absolute atomic E-state index is 0.0335. The minimum Gasteiger partial charge on any atom is -0.370 e. The first-order chi connectivity index (χ1) is 13.4. The molecular formula is C20H21ClN4O3. The summed E-state index contributed by atoms with van der Waals surface area (Å²) in [5, 5.41) is 2.85. The molecule has 3 heterocycles. The lowest BCUT2D eigenvalue weighted by molar-refractivity contribution is -0.139. The second kappa shape index (κ2) is 8.50. The van der Waals surface area contributed by atoms with Crippen molar-refractivity contribution in [3.05, 3.63) is 59.5 Å². The van der Waals surface area contributed by atoms with Gasteiger partial charge in [0.25, 0.3) is 5.91 Å². The van der Waals surface area contributed by atoms with Crippen molar-refractivity contribution < 1.29 is 14.3 Å². The van der Waals surface area contributed by atoms with Crippen LogP contribution in [0.2, 0.25) is 5.15 Å².